The zero-order chi connectivity index (χ0) is 32.8. The van der Waals surface area contributed by atoms with E-state index in [0.717, 1.165) is 63.6 Å². The number of aliphatic hydroxyl groups excluding tert-OH is 1. The summed E-state index contributed by atoms with van der Waals surface area (Å²) in [7, 11) is 1.63. The van der Waals surface area contributed by atoms with E-state index in [2.05, 4.69) is 27.7 Å². The van der Waals surface area contributed by atoms with Crippen LogP contribution in [0.2, 0.25) is 0 Å². The van der Waals surface area contributed by atoms with Crippen molar-refractivity contribution in [1.29, 1.82) is 0 Å². The first-order valence-electron chi connectivity index (χ1n) is 16.1. The third-order valence-electron chi connectivity index (χ3n) is 5.76. The van der Waals surface area contributed by atoms with Gasteiger partial charge in [0.2, 0.25) is 0 Å². The van der Waals surface area contributed by atoms with Gasteiger partial charge in [0.15, 0.2) is 0 Å². The van der Waals surface area contributed by atoms with E-state index in [0.29, 0.717) is 38.3 Å². The van der Waals surface area contributed by atoms with Crippen molar-refractivity contribution in [3.8, 4) is 11.5 Å². The van der Waals surface area contributed by atoms with E-state index in [1.807, 2.05) is 60.7 Å². The fourth-order valence-corrected chi connectivity index (χ4v) is 3.47. The quantitative estimate of drug-likeness (QED) is 0.0449. The molecule has 0 saturated heterocycles. The van der Waals surface area contributed by atoms with E-state index in [-0.39, 0.29) is 57.9 Å². The molecule has 2 atom stereocenters. The Labute approximate surface area is 308 Å². The molecule has 11 heteroatoms. The average molecular weight is 892 g/mol. The van der Waals surface area contributed by atoms with Crippen molar-refractivity contribution < 1.29 is 79.5 Å². The molecule has 47 heavy (non-hydrogen) atoms. The molecule has 0 aliphatic rings. The zero-order valence-corrected chi connectivity index (χ0v) is 33.8. The van der Waals surface area contributed by atoms with Gasteiger partial charge < -0.3 is 36.2 Å². The molecule has 2 aromatic carbocycles. The first kappa shape index (κ1) is 47.9. The van der Waals surface area contributed by atoms with Gasteiger partial charge >= 0.3 is 0 Å². The molecule has 2 rings (SSSR count). The minimum absolute atomic E-state index is 0. The van der Waals surface area contributed by atoms with Gasteiger partial charge in [-0.25, -0.2) is 19.6 Å². The fourth-order valence-electron chi connectivity index (χ4n) is 3.47. The van der Waals surface area contributed by atoms with Crippen molar-refractivity contribution in [2.24, 2.45) is 11.8 Å². The van der Waals surface area contributed by atoms with Crippen LogP contribution in [0.1, 0.15) is 53.4 Å². The van der Waals surface area contributed by atoms with Crippen LogP contribution in [0.15, 0.2) is 60.7 Å². The molecule has 0 heterocycles. The summed E-state index contributed by atoms with van der Waals surface area (Å²) >= 11 is 0. The van der Waals surface area contributed by atoms with Crippen LogP contribution < -0.4 is 9.47 Å². The molecule has 10 nitrogen and oxygen atoms in total. The van der Waals surface area contributed by atoms with Crippen molar-refractivity contribution >= 4 is 0 Å². The molecule has 0 saturated carbocycles. The Morgan fingerprint density at radius 3 is 1.36 bits per heavy atom. The number of para-hydroxylation sites is 2. The number of rotatable bonds is 27. The topological polar surface area (TPSA) is 103 Å². The van der Waals surface area contributed by atoms with Gasteiger partial charge in [0, 0.05) is 64.7 Å². The van der Waals surface area contributed by atoms with Crippen molar-refractivity contribution in [3.05, 3.63) is 68.1 Å². The summed E-state index contributed by atoms with van der Waals surface area (Å²) in [6.45, 7) is 13.6. The third-order valence-corrected chi connectivity index (χ3v) is 5.76. The average Bonchev–Trinajstić information content (AvgIpc) is 3.04. The molecule has 270 valence electrons. The summed E-state index contributed by atoms with van der Waals surface area (Å²) < 4.78 is 27.3. The van der Waals surface area contributed by atoms with Crippen LogP contribution >= 0.6 is 0 Å². The monoisotopic (exact) mass is 891 g/mol. The maximum Gasteiger partial charge on any atom is 0.150 e. The summed E-state index contributed by atoms with van der Waals surface area (Å²) in [6.07, 6.45) is 2.91. The molecule has 0 aliphatic carbocycles. The molecular weight excluding hydrogens is 830 g/mol. The predicted molar refractivity (Wildman–Crippen MR) is 181 cm³/mol. The normalized spacial score (nSPS) is 12.0. The molecule has 0 amide bonds. The first-order chi connectivity index (χ1) is 21.9. The maximum atomic E-state index is 9.22. The first-order valence-corrected chi connectivity index (χ1v) is 16.1. The van der Waals surface area contributed by atoms with Gasteiger partial charge in [-0.05, 0) is 61.8 Å². The molecule has 0 bridgehead atoms. The van der Waals surface area contributed by atoms with E-state index in [1.54, 1.807) is 7.11 Å². The molecule has 1 N–H and O–H groups in total. The van der Waals surface area contributed by atoms with Gasteiger partial charge in [-0.2, -0.15) is 0 Å². The van der Waals surface area contributed by atoms with Crippen LogP contribution in [0.3, 0.4) is 0 Å². The smallest absolute Gasteiger partial charge is 0.150 e. The van der Waals surface area contributed by atoms with Crippen LogP contribution in [0, 0.1) is 50.4 Å². The molecule has 0 radical (unpaired) electrons. The van der Waals surface area contributed by atoms with Crippen molar-refractivity contribution in [2.45, 2.75) is 65.6 Å². The number of hydrogen-bond acceptors (Lipinski definition) is 10. The summed E-state index contributed by atoms with van der Waals surface area (Å²) in [5, 5.41) is 9.22. The van der Waals surface area contributed by atoms with E-state index < -0.39 is 6.10 Å². The Hall–Kier alpha value is -1.23. The molecule has 0 aliphatic heterocycles. The second kappa shape index (κ2) is 34.6. The number of ether oxygens (including phenoxy) is 5. The Bertz CT molecular complexity index is 877. The summed E-state index contributed by atoms with van der Waals surface area (Å²) in [6, 6.07) is 19.0. The number of unbranched alkanes of at least 4 members (excludes halogenated alkanes) is 2. The van der Waals surface area contributed by atoms with Gasteiger partial charge in [0.1, 0.15) is 36.9 Å². The van der Waals surface area contributed by atoms with Gasteiger partial charge in [-0.3, -0.25) is 0 Å². The number of methoxy groups -OCH3 is 1. The van der Waals surface area contributed by atoms with Crippen molar-refractivity contribution in [3.63, 3.8) is 0 Å². The SMILES string of the molecule is CC(C)COCCCCOOC(CO)COc1ccccc1.COCC(COc1ccccc1)OOCCCCOCC(C)C.[CH3-].[U]. The van der Waals surface area contributed by atoms with Crippen LogP contribution in [0.4, 0.5) is 0 Å². The Morgan fingerprint density at radius 1 is 0.553 bits per heavy atom. The number of benzene rings is 2. The zero-order valence-electron chi connectivity index (χ0n) is 29.6. The van der Waals surface area contributed by atoms with E-state index in [9.17, 15) is 5.11 Å². The Morgan fingerprint density at radius 2 is 0.957 bits per heavy atom. The molecule has 2 aromatic rings. The minimum Gasteiger partial charge on any atom is -0.491 e. The van der Waals surface area contributed by atoms with Gasteiger partial charge in [0.05, 0.1) is 26.4 Å². The standard InChI is InChI=1S/C18H30O5.C17H28O5.CH3.U/c1-16(2)13-20-11-7-8-12-22-23-18(14-19-3)15-21-17-9-5-4-6-10-17;1-15(2)13-19-10-6-7-11-21-22-17(12-18)14-20-16-8-4-3-5-9-16;;/h4-6,9-10,16,18H,7-8,11-15H2,1-3H3;3-5,8-9,15,17-18H,6-7,10-14H2,1-2H3;1H3;/q;;-1;. The number of hydrogen-bond donors (Lipinski definition) is 1. The van der Waals surface area contributed by atoms with Crippen molar-refractivity contribution in [1.82, 2.24) is 0 Å². The van der Waals surface area contributed by atoms with Crippen molar-refractivity contribution in [2.75, 3.05) is 73.2 Å². The molecule has 0 fully saturated rings. The van der Waals surface area contributed by atoms with Gasteiger partial charge in [-0.1, -0.05) is 64.1 Å². The van der Waals surface area contributed by atoms with Crippen LogP contribution in [0.5, 0.6) is 11.5 Å². The van der Waals surface area contributed by atoms with E-state index in [4.69, 9.17) is 43.2 Å². The summed E-state index contributed by atoms with van der Waals surface area (Å²) in [5.74, 6) is 2.69. The Balaban J connectivity index is 0. The van der Waals surface area contributed by atoms with Crippen LogP contribution in [0.25, 0.3) is 0 Å². The largest absolute Gasteiger partial charge is 0.491 e. The third kappa shape index (κ3) is 30.6. The summed E-state index contributed by atoms with van der Waals surface area (Å²) in [5.41, 5.74) is 0. The molecule has 0 aromatic heterocycles. The molecular formula is C36H61O10U-. The van der Waals surface area contributed by atoms with Gasteiger partial charge in [0.25, 0.3) is 0 Å². The summed E-state index contributed by atoms with van der Waals surface area (Å²) in [4.78, 5) is 20.9. The minimum atomic E-state index is -0.489. The second-order valence-corrected chi connectivity index (χ2v) is 11.3. The predicted octanol–water partition coefficient (Wildman–Crippen LogP) is 6.76. The maximum absolute atomic E-state index is 9.22. The Kier molecular flexibility index (Phi) is 35.3. The van der Waals surface area contributed by atoms with Gasteiger partial charge in [-0.15, -0.1) is 0 Å². The van der Waals surface area contributed by atoms with E-state index in [1.165, 1.54) is 0 Å². The number of aliphatic hydroxyl groups is 1. The molecule has 0 spiro atoms. The second-order valence-electron chi connectivity index (χ2n) is 11.3. The van der Waals surface area contributed by atoms with Crippen LogP contribution in [-0.2, 0) is 33.8 Å². The fraction of sp³-hybridized carbons (Fsp3) is 0.639. The van der Waals surface area contributed by atoms with E-state index >= 15 is 0 Å². The van der Waals surface area contributed by atoms with Crippen LogP contribution in [-0.4, -0.2) is 90.5 Å². The molecule has 2 unspecified atom stereocenters.